The van der Waals surface area contributed by atoms with Crippen LogP contribution >= 0.6 is 0 Å². The van der Waals surface area contributed by atoms with Crippen LogP contribution in [0.2, 0.25) is 0 Å². The molecule has 0 spiro atoms. The summed E-state index contributed by atoms with van der Waals surface area (Å²) in [5.74, 6) is 1.84. The van der Waals surface area contributed by atoms with E-state index in [1.54, 1.807) is 6.26 Å². The number of furan rings is 1. The Morgan fingerprint density at radius 2 is 2.11 bits per heavy atom. The summed E-state index contributed by atoms with van der Waals surface area (Å²) < 4.78 is 11.3. The first-order valence-corrected chi connectivity index (χ1v) is 6.63. The zero-order valence-electron chi connectivity index (χ0n) is 11.8. The van der Waals surface area contributed by atoms with Crippen molar-refractivity contribution in [2.24, 2.45) is 0 Å². The standard InChI is InChI=1S/C16H21NO2/c1-12(2)17-10-16-14(7-8-18-16)11-19-15-6-4-5-13(3)9-15/h4-9,12,17H,10-11H2,1-3H3. The van der Waals surface area contributed by atoms with Gasteiger partial charge in [0.05, 0.1) is 12.8 Å². The van der Waals surface area contributed by atoms with Crippen molar-refractivity contribution < 1.29 is 9.15 Å². The second-order valence-electron chi connectivity index (χ2n) is 5.01. The largest absolute Gasteiger partial charge is 0.489 e. The van der Waals surface area contributed by atoms with Gasteiger partial charge in [0.2, 0.25) is 0 Å². The molecule has 1 aromatic heterocycles. The van der Waals surface area contributed by atoms with Crippen LogP contribution in [0.5, 0.6) is 5.75 Å². The maximum atomic E-state index is 5.79. The van der Waals surface area contributed by atoms with Crippen LogP contribution in [-0.2, 0) is 13.2 Å². The van der Waals surface area contributed by atoms with Crippen LogP contribution in [0, 0.1) is 6.92 Å². The average Bonchev–Trinajstić information content (AvgIpc) is 2.81. The Morgan fingerprint density at radius 3 is 2.84 bits per heavy atom. The maximum absolute atomic E-state index is 5.79. The van der Waals surface area contributed by atoms with Crippen molar-refractivity contribution >= 4 is 0 Å². The first-order valence-electron chi connectivity index (χ1n) is 6.63. The zero-order chi connectivity index (χ0) is 13.7. The first-order chi connectivity index (χ1) is 9.15. The highest BCUT2D eigenvalue weighted by atomic mass is 16.5. The van der Waals surface area contributed by atoms with Gasteiger partial charge in [-0.2, -0.15) is 0 Å². The fourth-order valence-electron chi connectivity index (χ4n) is 1.81. The molecule has 0 bridgehead atoms. The Kier molecular flexibility index (Phi) is 4.63. The number of benzene rings is 1. The van der Waals surface area contributed by atoms with Crippen molar-refractivity contribution in [3.63, 3.8) is 0 Å². The van der Waals surface area contributed by atoms with Crippen molar-refractivity contribution in [3.05, 3.63) is 53.5 Å². The summed E-state index contributed by atoms with van der Waals surface area (Å²) in [6.45, 7) is 7.56. The lowest BCUT2D eigenvalue weighted by Gasteiger charge is -2.09. The van der Waals surface area contributed by atoms with E-state index in [0.717, 1.165) is 23.6 Å². The molecule has 0 fully saturated rings. The third-order valence-corrected chi connectivity index (χ3v) is 2.89. The Bertz CT molecular complexity index is 517. The summed E-state index contributed by atoms with van der Waals surface area (Å²) in [4.78, 5) is 0. The summed E-state index contributed by atoms with van der Waals surface area (Å²) in [6, 6.07) is 10.5. The van der Waals surface area contributed by atoms with Crippen molar-refractivity contribution in [3.8, 4) is 5.75 Å². The Labute approximate surface area is 114 Å². The van der Waals surface area contributed by atoms with Gasteiger partial charge in [0.1, 0.15) is 18.1 Å². The minimum absolute atomic E-state index is 0.440. The number of aryl methyl sites for hydroxylation is 1. The maximum Gasteiger partial charge on any atom is 0.124 e. The third-order valence-electron chi connectivity index (χ3n) is 2.89. The molecule has 0 aliphatic rings. The molecule has 0 aliphatic carbocycles. The molecule has 2 aromatic rings. The molecule has 102 valence electrons. The predicted octanol–water partition coefficient (Wildman–Crippen LogP) is 3.67. The van der Waals surface area contributed by atoms with E-state index in [2.05, 4.69) is 32.2 Å². The molecule has 1 aromatic carbocycles. The Hall–Kier alpha value is -1.74. The molecule has 0 radical (unpaired) electrons. The highest BCUT2D eigenvalue weighted by Gasteiger charge is 2.07. The summed E-state index contributed by atoms with van der Waals surface area (Å²) in [6.07, 6.45) is 1.71. The topological polar surface area (TPSA) is 34.4 Å². The highest BCUT2D eigenvalue weighted by molar-refractivity contribution is 5.28. The van der Waals surface area contributed by atoms with Gasteiger partial charge in [-0.25, -0.2) is 0 Å². The smallest absolute Gasteiger partial charge is 0.124 e. The summed E-state index contributed by atoms with van der Waals surface area (Å²) in [5.41, 5.74) is 2.29. The zero-order valence-corrected chi connectivity index (χ0v) is 11.8. The van der Waals surface area contributed by atoms with Crippen LogP contribution in [0.4, 0.5) is 0 Å². The van der Waals surface area contributed by atoms with Gasteiger partial charge in [0.15, 0.2) is 0 Å². The van der Waals surface area contributed by atoms with E-state index in [4.69, 9.17) is 9.15 Å². The van der Waals surface area contributed by atoms with Gasteiger partial charge in [0, 0.05) is 11.6 Å². The van der Waals surface area contributed by atoms with Gasteiger partial charge in [-0.3, -0.25) is 0 Å². The van der Waals surface area contributed by atoms with Crippen LogP contribution in [-0.4, -0.2) is 6.04 Å². The highest BCUT2D eigenvalue weighted by Crippen LogP contribution is 2.17. The SMILES string of the molecule is Cc1cccc(OCc2ccoc2CNC(C)C)c1. The van der Waals surface area contributed by atoms with Gasteiger partial charge in [-0.05, 0) is 30.7 Å². The van der Waals surface area contributed by atoms with Crippen molar-refractivity contribution in [1.82, 2.24) is 5.32 Å². The lowest BCUT2D eigenvalue weighted by atomic mass is 10.2. The molecule has 0 saturated carbocycles. The second-order valence-corrected chi connectivity index (χ2v) is 5.01. The van der Waals surface area contributed by atoms with Crippen LogP contribution in [0.15, 0.2) is 41.0 Å². The molecule has 0 amide bonds. The molecule has 0 aliphatic heterocycles. The summed E-state index contributed by atoms with van der Waals surface area (Å²) in [7, 11) is 0. The van der Waals surface area contributed by atoms with Gasteiger partial charge in [0.25, 0.3) is 0 Å². The van der Waals surface area contributed by atoms with E-state index in [0.29, 0.717) is 12.6 Å². The van der Waals surface area contributed by atoms with Gasteiger partial charge >= 0.3 is 0 Å². The summed E-state index contributed by atoms with van der Waals surface area (Å²) >= 11 is 0. The molecule has 2 rings (SSSR count). The van der Waals surface area contributed by atoms with E-state index < -0.39 is 0 Å². The number of nitrogens with one attached hydrogen (secondary N) is 1. The predicted molar refractivity (Wildman–Crippen MR) is 76.2 cm³/mol. The molecular weight excluding hydrogens is 238 g/mol. The second kappa shape index (κ2) is 6.43. The number of ether oxygens (including phenoxy) is 1. The minimum atomic E-state index is 0.440. The molecular formula is C16H21NO2. The van der Waals surface area contributed by atoms with Crippen molar-refractivity contribution in [2.75, 3.05) is 0 Å². The van der Waals surface area contributed by atoms with E-state index in [1.165, 1.54) is 5.56 Å². The fraction of sp³-hybridized carbons (Fsp3) is 0.375. The average molecular weight is 259 g/mol. The molecule has 3 heteroatoms. The lowest BCUT2D eigenvalue weighted by Crippen LogP contribution is -2.22. The van der Waals surface area contributed by atoms with Gasteiger partial charge in [-0.15, -0.1) is 0 Å². The Balaban J connectivity index is 1.94. The van der Waals surface area contributed by atoms with Gasteiger partial charge < -0.3 is 14.5 Å². The monoisotopic (exact) mass is 259 g/mol. The van der Waals surface area contributed by atoms with E-state index >= 15 is 0 Å². The lowest BCUT2D eigenvalue weighted by molar-refractivity contribution is 0.300. The normalized spacial score (nSPS) is 10.9. The Morgan fingerprint density at radius 1 is 1.26 bits per heavy atom. The van der Waals surface area contributed by atoms with Crippen LogP contribution in [0.3, 0.4) is 0 Å². The summed E-state index contributed by atoms with van der Waals surface area (Å²) in [5, 5.41) is 3.35. The third kappa shape index (κ3) is 4.14. The van der Waals surface area contributed by atoms with E-state index in [-0.39, 0.29) is 0 Å². The van der Waals surface area contributed by atoms with E-state index in [1.807, 2.05) is 24.3 Å². The molecule has 1 N–H and O–H groups in total. The van der Waals surface area contributed by atoms with Crippen molar-refractivity contribution in [1.29, 1.82) is 0 Å². The van der Waals surface area contributed by atoms with E-state index in [9.17, 15) is 0 Å². The van der Waals surface area contributed by atoms with Crippen molar-refractivity contribution in [2.45, 2.75) is 40.0 Å². The number of hydrogen-bond acceptors (Lipinski definition) is 3. The molecule has 0 atom stereocenters. The number of hydrogen-bond donors (Lipinski definition) is 1. The first kappa shape index (κ1) is 13.7. The fourth-order valence-corrected chi connectivity index (χ4v) is 1.81. The molecule has 0 saturated heterocycles. The molecule has 1 heterocycles. The molecule has 3 nitrogen and oxygen atoms in total. The quantitative estimate of drug-likeness (QED) is 0.859. The molecule has 19 heavy (non-hydrogen) atoms. The number of rotatable bonds is 6. The minimum Gasteiger partial charge on any atom is -0.489 e. The van der Waals surface area contributed by atoms with Gasteiger partial charge in [-0.1, -0.05) is 26.0 Å². The van der Waals surface area contributed by atoms with Crippen LogP contribution in [0.1, 0.15) is 30.7 Å². The molecule has 0 unspecified atom stereocenters. The van der Waals surface area contributed by atoms with Crippen LogP contribution in [0.25, 0.3) is 0 Å². The van der Waals surface area contributed by atoms with Crippen LogP contribution < -0.4 is 10.1 Å².